The monoisotopic (exact) mass is 355 g/mol. The molecule has 7 heteroatoms. The second-order valence-electron chi connectivity index (χ2n) is 5.51. The first-order chi connectivity index (χ1) is 11.3. The molecule has 24 heavy (non-hydrogen) atoms. The van der Waals surface area contributed by atoms with E-state index in [-0.39, 0.29) is 23.1 Å². The molecule has 0 spiro atoms. The normalized spacial score (nSPS) is 15.0. The number of ether oxygens (including phenoxy) is 1. The SMILES string of the molecule is CC(Oc1cccc(Cl)c1-c1ccc2c(c1)CC(=O)N2)C(F)(F)F. The molecule has 1 atom stereocenters. The van der Waals surface area contributed by atoms with Crippen molar-refractivity contribution in [3.63, 3.8) is 0 Å². The van der Waals surface area contributed by atoms with Crippen LogP contribution >= 0.6 is 11.6 Å². The maximum absolute atomic E-state index is 12.8. The van der Waals surface area contributed by atoms with Gasteiger partial charge in [0.1, 0.15) is 5.75 Å². The molecule has 1 heterocycles. The van der Waals surface area contributed by atoms with E-state index < -0.39 is 12.3 Å². The predicted molar refractivity (Wildman–Crippen MR) is 85.4 cm³/mol. The molecule has 0 saturated carbocycles. The van der Waals surface area contributed by atoms with Crippen LogP contribution in [0.2, 0.25) is 5.02 Å². The number of halogens is 4. The van der Waals surface area contributed by atoms with Gasteiger partial charge in [-0.15, -0.1) is 0 Å². The summed E-state index contributed by atoms with van der Waals surface area (Å²) in [6.07, 6.45) is -6.22. The Morgan fingerprint density at radius 3 is 2.71 bits per heavy atom. The summed E-state index contributed by atoms with van der Waals surface area (Å²) < 4.78 is 43.5. The molecule has 0 bridgehead atoms. The Hall–Kier alpha value is -2.21. The molecular formula is C17H13ClF3NO2. The average molecular weight is 356 g/mol. The van der Waals surface area contributed by atoms with Crippen LogP contribution < -0.4 is 10.1 Å². The number of carbonyl (C=O) groups is 1. The van der Waals surface area contributed by atoms with Crippen molar-refractivity contribution >= 4 is 23.2 Å². The fraction of sp³-hybridized carbons (Fsp3) is 0.235. The van der Waals surface area contributed by atoms with Crippen LogP contribution in [0.1, 0.15) is 12.5 Å². The van der Waals surface area contributed by atoms with Crippen molar-refractivity contribution in [1.82, 2.24) is 0 Å². The second kappa shape index (κ2) is 6.02. The highest BCUT2D eigenvalue weighted by molar-refractivity contribution is 6.33. The molecule has 0 radical (unpaired) electrons. The van der Waals surface area contributed by atoms with Gasteiger partial charge in [-0.05, 0) is 42.3 Å². The molecule has 1 unspecified atom stereocenters. The number of anilines is 1. The lowest BCUT2D eigenvalue weighted by molar-refractivity contribution is -0.189. The van der Waals surface area contributed by atoms with Gasteiger partial charge in [-0.2, -0.15) is 13.2 Å². The van der Waals surface area contributed by atoms with Gasteiger partial charge in [0.25, 0.3) is 0 Å². The van der Waals surface area contributed by atoms with Gasteiger partial charge in [0.05, 0.1) is 11.4 Å². The Labute approximate surface area is 141 Å². The molecule has 1 aliphatic heterocycles. The van der Waals surface area contributed by atoms with Crippen molar-refractivity contribution < 1.29 is 22.7 Å². The summed E-state index contributed by atoms with van der Waals surface area (Å²) in [7, 11) is 0. The van der Waals surface area contributed by atoms with Crippen LogP contribution in [0.15, 0.2) is 36.4 Å². The third-order valence-electron chi connectivity index (χ3n) is 3.76. The van der Waals surface area contributed by atoms with Crippen molar-refractivity contribution in [2.75, 3.05) is 5.32 Å². The van der Waals surface area contributed by atoms with Crippen molar-refractivity contribution in [2.45, 2.75) is 25.6 Å². The van der Waals surface area contributed by atoms with E-state index in [1.54, 1.807) is 24.3 Å². The fourth-order valence-corrected chi connectivity index (χ4v) is 2.80. The van der Waals surface area contributed by atoms with Crippen molar-refractivity contribution in [3.8, 4) is 16.9 Å². The van der Waals surface area contributed by atoms with Crippen LogP contribution in [0.5, 0.6) is 5.75 Å². The minimum atomic E-state index is -4.48. The molecule has 0 fully saturated rings. The van der Waals surface area contributed by atoms with Gasteiger partial charge in [0.2, 0.25) is 5.91 Å². The summed E-state index contributed by atoms with van der Waals surface area (Å²) in [4.78, 5) is 11.5. The minimum Gasteiger partial charge on any atom is -0.481 e. The predicted octanol–water partition coefficient (Wildman–Crippen LogP) is 4.83. The van der Waals surface area contributed by atoms with E-state index in [2.05, 4.69) is 5.32 Å². The molecule has 2 aromatic rings. The summed E-state index contributed by atoms with van der Waals surface area (Å²) in [5.41, 5.74) is 2.44. The van der Waals surface area contributed by atoms with Crippen molar-refractivity contribution in [2.24, 2.45) is 0 Å². The van der Waals surface area contributed by atoms with Gasteiger partial charge in [0, 0.05) is 11.3 Å². The summed E-state index contributed by atoms with van der Waals surface area (Å²) in [6.45, 7) is 0.940. The largest absolute Gasteiger partial charge is 0.481 e. The van der Waals surface area contributed by atoms with Crippen molar-refractivity contribution in [1.29, 1.82) is 0 Å². The van der Waals surface area contributed by atoms with E-state index in [9.17, 15) is 18.0 Å². The van der Waals surface area contributed by atoms with Crippen LogP contribution in [-0.2, 0) is 11.2 Å². The summed E-state index contributed by atoms with van der Waals surface area (Å²) in [6, 6.07) is 9.69. The van der Waals surface area contributed by atoms with Gasteiger partial charge in [0.15, 0.2) is 6.10 Å². The molecule has 1 N–H and O–H groups in total. The van der Waals surface area contributed by atoms with Gasteiger partial charge >= 0.3 is 6.18 Å². The zero-order valence-electron chi connectivity index (χ0n) is 12.6. The highest BCUT2D eigenvalue weighted by Gasteiger charge is 2.38. The zero-order chi connectivity index (χ0) is 17.5. The number of nitrogens with one attached hydrogen (secondary N) is 1. The first-order valence-electron chi connectivity index (χ1n) is 7.21. The third kappa shape index (κ3) is 3.19. The molecule has 2 aromatic carbocycles. The molecule has 126 valence electrons. The summed E-state index contributed by atoms with van der Waals surface area (Å²) in [5, 5.41) is 2.98. The van der Waals surface area contributed by atoms with E-state index in [1.807, 2.05) is 0 Å². The Morgan fingerprint density at radius 2 is 2.00 bits per heavy atom. The highest BCUT2D eigenvalue weighted by atomic mass is 35.5. The van der Waals surface area contributed by atoms with Crippen LogP contribution in [0.25, 0.3) is 11.1 Å². The maximum atomic E-state index is 12.8. The molecular weight excluding hydrogens is 343 g/mol. The smallest absolute Gasteiger partial charge is 0.425 e. The van der Waals surface area contributed by atoms with E-state index in [0.29, 0.717) is 16.8 Å². The number of benzene rings is 2. The van der Waals surface area contributed by atoms with Crippen LogP contribution in [-0.4, -0.2) is 18.2 Å². The van der Waals surface area contributed by atoms with Gasteiger partial charge in [-0.3, -0.25) is 4.79 Å². The molecule has 0 saturated heterocycles. The summed E-state index contributed by atoms with van der Waals surface area (Å²) in [5.74, 6) is -0.0759. The van der Waals surface area contributed by atoms with E-state index in [4.69, 9.17) is 16.3 Å². The first-order valence-corrected chi connectivity index (χ1v) is 7.58. The minimum absolute atomic E-state index is 0.0459. The summed E-state index contributed by atoms with van der Waals surface area (Å²) >= 11 is 6.20. The number of rotatable bonds is 3. The van der Waals surface area contributed by atoms with Gasteiger partial charge in [-0.25, -0.2) is 0 Å². The quantitative estimate of drug-likeness (QED) is 0.856. The van der Waals surface area contributed by atoms with Gasteiger partial charge in [-0.1, -0.05) is 23.7 Å². The van der Waals surface area contributed by atoms with Crippen LogP contribution in [0.3, 0.4) is 0 Å². The van der Waals surface area contributed by atoms with Crippen LogP contribution in [0, 0.1) is 0 Å². The molecule has 1 aliphatic rings. The lowest BCUT2D eigenvalue weighted by Gasteiger charge is -2.20. The Morgan fingerprint density at radius 1 is 1.25 bits per heavy atom. The van der Waals surface area contributed by atoms with Gasteiger partial charge < -0.3 is 10.1 Å². The number of amides is 1. The molecule has 3 nitrogen and oxygen atoms in total. The number of carbonyl (C=O) groups excluding carboxylic acids is 1. The van der Waals surface area contributed by atoms with E-state index >= 15 is 0 Å². The first kappa shape index (κ1) is 16.6. The third-order valence-corrected chi connectivity index (χ3v) is 4.07. The number of hydrogen-bond donors (Lipinski definition) is 1. The number of alkyl halides is 3. The number of hydrogen-bond acceptors (Lipinski definition) is 2. The number of fused-ring (bicyclic) bond motifs is 1. The van der Waals surface area contributed by atoms with E-state index in [0.717, 1.165) is 12.5 Å². The second-order valence-corrected chi connectivity index (χ2v) is 5.92. The molecule has 0 aliphatic carbocycles. The topological polar surface area (TPSA) is 38.3 Å². The van der Waals surface area contributed by atoms with Crippen molar-refractivity contribution in [3.05, 3.63) is 47.0 Å². The Kier molecular flexibility index (Phi) is 4.17. The maximum Gasteiger partial charge on any atom is 0.425 e. The molecule has 0 aromatic heterocycles. The Bertz CT molecular complexity index is 805. The average Bonchev–Trinajstić information content (AvgIpc) is 2.85. The molecule has 1 amide bonds. The zero-order valence-corrected chi connectivity index (χ0v) is 13.3. The standard InChI is InChI=1S/C17H13ClF3NO2/c1-9(17(19,20)21)24-14-4-2-3-12(18)16(14)10-5-6-13-11(7-10)8-15(23)22-13/h2-7,9H,8H2,1H3,(H,22,23). The van der Waals surface area contributed by atoms with Crippen LogP contribution in [0.4, 0.5) is 18.9 Å². The molecule has 3 rings (SSSR count). The Balaban J connectivity index is 2.02. The van der Waals surface area contributed by atoms with E-state index in [1.165, 1.54) is 12.1 Å². The fourth-order valence-electron chi connectivity index (χ4n) is 2.52. The lowest BCUT2D eigenvalue weighted by Crippen LogP contribution is -2.31. The lowest BCUT2D eigenvalue weighted by atomic mass is 10.0. The highest BCUT2D eigenvalue weighted by Crippen LogP contribution is 2.40.